The van der Waals surface area contributed by atoms with Crippen molar-refractivity contribution in [3.8, 4) is 0 Å². The van der Waals surface area contributed by atoms with E-state index >= 15 is 0 Å². The molecule has 0 saturated carbocycles. The van der Waals surface area contributed by atoms with E-state index in [-0.39, 0.29) is 11.7 Å². The molecule has 0 N–H and O–H groups in total. The van der Waals surface area contributed by atoms with E-state index in [4.69, 9.17) is 4.74 Å². The first-order chi connectivity index (χ1) is 11.8. The summed E-state index contributed by atoms with van der Waals surface area (Å²) >= 11 is 0. The third-order valence-electron chi connectivity index (χ3n) is 4.33. The van der Waals surface area contributed by atoms with Gasteiger partial charge < -0.3 is 4.74 Å². The monoisotopic (exact) mass is 321 g/mol. The molecule has 4 rings (SSSR count). The molecule has 3 aromatic rings. The third-order valence-corrected chi connectivity index (χ3v) is 4.33. The maximum absolute atomic E-state index is 12.2. The van der Waals surface area contributed by atoms with Crippen LogP contribution in [-0.4, -0.2) is 34.0 Å². The van der Waals surface area contributed by atoms with Gasteiger partial charge in [0, 0.05) is 31.9 Å². The highest BCUT2D eigenvalue weighted by Crippen LogP contribution is 2.22. The smallest absolute Gasteiger partial charge is 0.258 e. The molecule has 1 saturated heterocycles. The van der Waals surface area contributed by atoms with Gasteiger partial charge in [-0.3, -0.25) is 14.1 Å². The highest BCUT2D eigenvalue weighted by atomic mass is 16.5. The maximum atomic E-state index is 12.2. The number of benzene rings is 1. The lowest BCUT2D eigenvalue weighted by Gasteiger charge is -2.32. The average molecular weight is 321 g/mol. The second-order valence-electron chi connectivity index (χ2n) is 6.02. The van der Waals surface area contributed by atoms with Crippen LogP contribution in [0.2, 0.25) is 0 Å². The molecule has 122 valence electrons. The zero-order valence-corrected chi connectivity index (χ0v) is 13.3. The summed E-state index contributed by atoms with van der Waals surface area (Å²) in [7, 11) is 0. The van der Waals surface area contributed by atoms with Gasteiger partial charge >= 0.3 is 0 Å². The van der Waals surface area contributed by atoms with Crippen molar-refractivity contribution < 1.29 is 4.74 Å². The van der Waals surface area contributed by atoms with E-state index in [2.05, 4.69) is 22.0 Å². The van der Waals surface area contributed by atoms with Gasteiger partial charge in [-0.05, 0) is 17.7 Å². The number of ether oxygens (including phenoxy) is 1. The summed E-state index contributed by atoms with van der Waals surface area (Å²) in [4.78, 5) is 19.1. The molecule has 1 aliphatic rings. The second kappa shape index (κ2) is 6.55. The molecule has 1 atom stereocenters. The zero-order valence-electron chi connectivity index (χ0n) is 13.3. The first-order valence-corrected chi connectivity index (χ1v) is 8.16. The van der Waals surface area contributed by atoms with Gasteiger partial charge in [-0.1, -0.05) is 36.4 Å². The van der Waals surface area contributed by atoms with Crippen molar-refractivity contribution in [3.63, 3.8) is 0 Å². The average Bonchev–Trinajstić information content (AvgIpc) is 2.63. The van der Waals surface area contributed by atoms with Crippen LogP contribution in [0.15, 0.2) is 65.6 Å². The summed E-state index contributed by atoms with van der Waals surface area (Å²) in [6, 6.07) is 17.5. The number of hydrogen-bond acceptors (Lipinski definition) is 4. The number of hydrogen-bond donors (Lipinski definition) is 0. The molecule has 24 heavy (non-hydrogen) atoms. The molecule has 0 unspecified atom stereocenters. The largest absolute Gasteiger partial charge is 0.371 e. The van der Waals surface area contributed by atoms with Crippen molar-refractivity contribution >= 4 is 5.65 Å². The molecule has 0 spiro atoms. The normalized spacial score (nSPS) is 18.8. The van der Waals surface area contributed by atoms with Gasteiger partial charge in [0.15, 0.2) is 0 Å². The highest BCUT2D eigenvalue weighted by molar-refractivity contribution is 5.38. The second-order valence-corrected chi connectivity index (χ2v) is 6.02. The van der Waals surface area contributed by atoms with E-state index in [9.17, 15) is 4.79 Å². The van der Waals surface area contributed by atoms with Crippen molar-refractivity contribution in [1.82, 2.24) is 14.3 Å². The van der Waals surface area contributed by atoms with E-state index in [1.54, 1.807) is 16.7 Å². The minimum Gasteiger partial charge on any atom is -0.371 e. The SMILES string of the molecule is O=c1cc(CN2CCO[C@H](c3ccccc3)C2)nc2ccccn12. The molecule has 5 nitrogen and oxygen atoms in total. The van der Waals surface area contributed by atoms with Gasteiger partial charge in [-0.15, -0.1) is 0 Å². The topological polar surface area (TPSA) is 46.8 Å². The Labute approximate surface area is 140 Å². The van der Waals surface area contributed by atoms with Crippen LogP contribution in [-0.2, 0) is 11.3 Å². The van der Waals surface area contributed by atoms with Gasteiger partial charge in [0.05, 0.1) is 18.4 Å². The lowest BCUT2D eigenvalue weighted by molar-refractivity contribution is -0.0332. The quantitative estimate of drug-likeness (QED) is 0.742. The van der Waals surface area contributed by atoms with E-state index in [1.807, 2.05) is 36.4 Å². The summed E-state index contributed by atoms with van der Waals surface area (Å²) in [6.45, 7) is 3.00. The highest BCUT2D eigenvalue weighted by Gasteiger charge is 2.22. The Morgan fingerprint density at radius 3 is 2.83 bits per heavy atom. The van der Waals surface area contributed by atoms with E-state index in [0.29, 0.717) is 18.8 Å². The van der Waals surface area contributed by atoms with Crippen LogP contribution < -0.4 is 5.56 Å². The molecule has 2 aromatic heterocycles. The van der Waals surface area contributed by atoms with Crippen molar-refractivity contribution in [2.24, 2.45) is 0 Å². The molecule has 1 aromatic carbocycles. The number of nitrogens with zero attached hydrogens (tertiary/aromatic N) is 3. The van der Waals surface area contributed by atoms with Crippen LogP contribution in [0.3, 0.4) is 0 Å². The molecule has 5 heteroatoms. The van der Waals surface area contributed by atoms with Crippen molar-refractivity contribution in [1.29, 1.82) is 0 Å². The Morgan fingerprint density at radius 2 is 1.96 bits per heavy atom. The van der Waals surface area contributed by atoms with Gasteiger partial charge in [-0.25, -0.2) is 4.98 Å². The van der Waals surface area contributed by atoms with Gasteiger partial charge in [-0.2, -0.15) is 0 Å². The van der Waals surface area contributed by atoms with Crippen LogP contribution in [0.25, 0.3) is 5.65 Å². The van der Waals surface area contributed by atoms with Gasteiger partial charge in [0.25, 0.3) is 5.56 Å². The van der Waals surface area contributed by atoms with Crippen molar-refractivity contribution in [2.45, 2.75) is 12.6 Å². The fraction of sp³-hybridized carbons (Fsp3) is 0.263. The zero-order chi connectivity index (χ0) is 16.4. The lowest BCUT2D eigenvalue weighted by Crippen LogP contribution is -2.38. The van der Waals surface area contributed by atoms with Crippen LogP contribution in [0.5, 0.6) is 0 Å². The van der Waals surface area contributed by atoms with E-state index in [1.165, 1.54) is 5.56 Å². The standard InChI is InChI=1S/C19H19N3O2/c23-19-12-16(20-18-8-4-5-9-22(18)19)13-21-10-11-24-17(14-21)15-6-2-1-3-7-15/h1-9,12,17H,10-11,13-14H2/t17-/m0/s1. The van der Waals surface area contributed by atoms with E-state index in [0.717, 1.165) is 18.8 Å². The van der Waals surface area contributed by atoms with Crippen LogP contribution in [0.4, 0.5) is 0 Å². The predicted molar refractivity (Wildman–Crippen MR) is 91.9 cm³/mol. The summed E-state index contributed by atoms with van der Waals surface area (Å²) < 4.78 is 7.46. The molecule has 0 bridgehead atoms. The molecular formula is C19H19N3O2. The number of aromatic nitrogens is 2. The summed E-state index contributed by atoms with van der Waals surface area (Å²) in [6.07, 6.45) is 1.82. The van der Waals surface area contributed by atoms with Crippen LogP contribution in [0.1, 0.15) is 17.4 Å². The van der Waals surface area contributed by atoms with Crippen LogP contribution in [0, 0.1) is 0 Å². The van der Waals surface area contributed by atoms with E-state index < -0.39 is 0 Å². The minimum atomic E-state index is -0.0385. The molecule has 1 fully saturated rings. The lowest BCUT2D eigenvalue weighted by atomic mass is 10.1. The molecule has 1 aliphatic heterocycles. The Morgan fingerprint density at radius 1 is 1.12 bits per heavy atom. The Balaban J connectivity index is 1.54. The molecule has 0 aliphatic carbocycles. The number of rotatable bonds is 3. The van der Waals surface area contributed by atoms with Crippen LogP contribution >= 0.6 is 0 Å². The van der Waals surface area contributed by atoms with Crippen molar-refractivity contribution in [2.75, 3.05) is 19.7 Å². The Kier molecular flexibility index (Phi) is 4.11. The van der Waals surface area contributed by atoms with Crippen molar-refractivity contribution in [3.05, 3.63) is 82.4 Å². The van der Waals surface area contributed by atoms with Gasteiger partial charge in [0.1, 0.15) is 5.65 Å². The molecule has 0 amide bonds. The minimum absolute atomic E-state index is 0.0385. The number of pyridine rings is 1. The predicted octanol–water partition coefficient (Wildman–Crippen LogP) is 2.27. The fourth-order valence-corrected chi connectivity index (χ4v) is 3.13. The number of morpholine rings is 1. The Hall–Kier alpha value is -2.50. The molecule has 0 radical (unpaired) electrons. The molecular weight excluding hydrogens is 302 g/mol. The summed E-state index contributed by atoms with van der Waals surface area (Å²) in [5.41, 5.74) is 2.64. The number of fused-ring (bicyclic) bond motifs is 1. The first-order valence-electron chi connectivity index (χ1n) is 8.16. The summed E-state index contributed by atoms with van der Waals surface area (Å²) in [5, 5.41) is 0. The maximum Gasteiger partial charge on any atom is 0.258 e. The van der Waals surface area contributed by atoms with Gasteiger partial charge in [0.2, 0.25) is 0 Å². The Bertz CT molecular complexity index is 892. The first kappa shape index (κ1) is 15.1. The molecule has 3 heterocycles. The third kappa shape index (κ3) is 3.09. The summed E-state index contributed by atoms with van der Waals surface area (Å²) in [5.74, 6) is 0. The fourth-order valence-electron chi connectivity index (χ4n) is 3.13.